The molecule has 0 aromatic heterocycles. The second kappa shape index (κ2) is 6.55. The molecule has 0 radical (unpaired) electrons. The van der Waals surface area contributed by atoms with Gasteiger partial charge in [0.05, 0.1) is 6.42 Å². The third-order valence-electron chi connectivity index (χ3n) is 2.40. The fourth-order valence-corrected chi connectivity index (χ4v) is 1.70. The van der Waals surface area contributed by atoms with Gasteiger partial charge in [0.1, 0.15) is 0 Å². The third kappa shape index (κ3) is 5.68. The van der Waals surface area contributed by atoms with Gasteiger partial charge in [-0.15, -0.1) is 0 Å². The van der Waals surface area contributed by atoms with Crippen molar-refractivity contribution in [3.63, 3.8) is 0 Å². The Morgan fingerprint density at radius 2 is 1.88 bits per heavy atom. The zero-order chi connectivity index (χ0) is 12.9. The van der Waals surface area contributed by atoms with Gasteiger partial charge in [-0.1, -0.05) is 57.8 Å². The van der Waals surface area contributed by atoms with Crippen LogP contribution in [0.25, 0.3) is 0 Å². The number of rotatable bonds is 5. The molecule has 4 heteroatoms. The molecule has 0 fully saturated rings. The Balaban J connectivity index is 2.42. The SMILES string of the molecule is CC(C)(CBr)CNC(=O)Cc1ccc(Br)cc1. The summed E-state index contributed by atoms with van der Waals surface area (Å²) >= 11 is 6.81. The van der Waals surface area contributed by atoms with Crippen LogP contribution in [0.5, 0.6) is 0 Å². The minimum Gasteiger partial charge on any atom is -0.355 e. The number of nitrogens with one attached hydrogen (secondary N) is 1. The van der Waals surface area contributed by atoms with Crippen LogP contribution in [-0.2, 0) is 11.2 Å². The Kier molecular flexibility index (Phi) is 5.67. The van der Waals surface area contributed by atoms with Gasteiger partial charge in [0, 0.05) is 16.3 Å². The lowest BCUT2D eigenvalue weighted by Gasteiger charge is -2.21. The van der Waals surface area contributed by atoms with Gasteiger partial charge >= 0.3 is 0 Å². The molecule has 17 heavy (non-hydrogen) atoms. The lowest BCUT2D eigenvalue weighted by Crippen LogP contribution is -2.35. The zero-order valence-electron chi connectivity index (χ0n) is 10.1. The average Bonchev–Trinajstić information content (AvgIpc) is 2.30. The van der Waals surface area contributed by atoms with E-state index in [1.165, 1.54) is 0 Å². The van der Waals surface area contributed by atoms with Crippen LogP contribution in [0.4, 0.5) is 0 Å². The number of amides is 1. The molecule has 0 unspecified atom stereocenters. The van der Waals surface area contributed by atoms with Gasteiger partial charge in [-0.3, -0.25) is 4.79 Å². The first kappa shape index (κ1) is 14.7. The summed E-state index contributed by atoms with van der Waals surface area (Å²) in [6, 6.07) is 7.81. The van der Waals surface area contributed by atoms with Crippen LogP contribution in [0.15, 0.2) is 28.7 Å². The third-order valence-corrected chi connectivity index (χ3v) is 4.45. The highest BCUT2D eigenvalue weighted by Gasteiger charge is 2.16. The fourth-order valence-electron chi connectivity index (χ4n) is 1.24. The molecule has 0 saturated heterocycles. The maximum atomic E-state index is 11.7. The largest absolute Gasteiger partial charge is 0.355 e. The minimum atomic E-state index is 0.0707. The quantitative estimate of drug-likeness (QED) is 0.797. The van der Waals surface area contributed by atoms with Crippen LogP contribution in [0.2, 0.25) is 0 Å². The minimum absolute atomic E-state index is 0.0707. The van der Waals surface area contributed by atoms with E-state index in [0.29, 0.717) is 13.0 Å². The predicted octanol–water partition coefficient (Wildman–Crippen LogP) is 3.53. The van der Waals surface area contributed by atoms with E-state index in [9.17, 15) is 4.79 Å². The number of carbonyl (C=O) groups excluding carboxylic acids is 1. The van der Waals surface area contributed by atoms with Crippen LogP contribution in [0.3, 0.4) is 0 Å². The summed E-state index contributed by atoms with van der Waals surface area (Å²) < 4.78 is 1.03. The Morgan fingerprint density at radius 1 is 1.29 bits per heavy atom. The Bertz CT molecular complexity index is 374. The molecule has 0 atom stereocenters. The molecular formula is C13H17Br2NO. The van der Waals surface area contributed by atoms with Crippen LogP contribution in [-0.4, -0.2) is 17.8 Å². The number of alkyl halides is 1. The summed E-state index contributed by atoms with van der Waals surface area (Å²) in [5.74, 6) is 0.0707. The van der Waals surface area contributed by atoms with Crippen molar-refractivity contribution >= 4 is 37.8 Å². The second-order valence-electron chi connectivity index (χ2n) is 4.88. The smallest absolute Gasteiger partial charge is 0.224 e. The molecule has 0 spiro atoms. The molecule has 1 N–H and O–H groups in total. The Morgan fingerprint density at radius 3 is 2.41 bits per heavy atom. The van der Waals surface area contributed by atoms with Gasteiger partial charge in [-0.05, 0) is 23.1 Å². The van der Waals surface area contributed by atoms with Crippen molar-refractivity contribution < 1.29 is 4.79 Å². The van der Waals surface area contributed by atoms with E-state index >= 15 is 0 Å². The molecule has 94 valence electrons. The Hall–Kier alpha value is -0.350. The van der Waals surface area contributed by atoms with E-state index in [-0.39, 0.29) is 11.3 Å². The molecule has 1 rings (SSSR count). The highest BCUT2D eigenvalue weighted by atomic mass is 79.9. The van der Waals surface area contributed by atoms with Crippen LogP contribution < -0.4 is 5.32 Å². The predicted molar refractivity (Wildman–Crippen MR) is 78.4 cm³/mol. The fraction of sp³-hybridized carbons (Fsp3) is 0.462. The molecule has 0 bridgehead atoms. The molecule has 0 aliphatic rings. The summed E-state index contributed by atoms with van der Waals surface area (Å²) in [6.45, 7) is 4.91. The summed E-state index contributed by atoms with van der Waals surface area (Å²) in [5, 5.41) is 3.83. The van der Waals surface area contributed by atoms with Crippen LogP contribution in [0, 0.1) is 5.41 Å². The summed E-state index contributed by atoms with van der Waals surface area (Å²) in [7, 11) is 0. The van der Waals surface area contributed by atoms with Gasteiger partial charge in [-0.25, -0.2) is 0 Å². The lowest BCUT2D eigenvalue weighted by atomic mass is 9.97. The number of benzene rings is 1. The average molecular weight is 363 g/mol. The number of halogens is 2. The van der Waals surface area contributed by atoms with E-state index < -0.39 is 0 Å². The molecular weight excluding hydrogens is 346 g/mol. The van der Waals surface area contributed by atoms with E-state index in [1.807, 2.05) is 24.3 Å². The first-order chi connectivity index (χ1) is 7.93. The van der Waals surface area contributed by atoms with Gasteiger partial charge in [0.25, 0.3) is 0 Å². The van der Waals surface area contributed by atoms with Crippen molar-refractivity contribution in [2.75, 3.05) is 11.9 Å². The maximum Gasteiger partial charge on any atom is 0.224 e. The second-order valence-corrected chi connectivity index (χ2v) is 6.35. The monoisotopic (exact) mass is 361 g/mol. The topological polar surface area (TPSA) is 29.1 Å². The van der Waals surface area contributed by atoms with Crippen LogP contribution in [0.1, 0.15) is 19.4 Å². The van der Waals surface area contributed by atoms with Crippen LogP contribution >= 0.6 is 31.9 Å². The number of hydrogen-bond donors (Lipinski definition) is 1. The van der Waals surface area contributed by atoms with Crippen molar-refractivity contribution in [1.82, 2.24) is 5.32 Å². The standard InChI is InChI=1S/C13H17Br2NO/c1-13(2,8-14)9-16-12(17)7-10-3-5-11(15)6-4-10/h3-6H,7-9H2,1-2H3,(H,16,17). The van der Waals surface area contributed by atoms with E-state index in [0.717, 1.165) is 15.4 Å². The Labute approximate surface area is 119 Å². The summed E-state index contributed by atoms with van der Waals surface area (Å²) in [6.07, 6.45) is 0.436. The van der Waals surface area contributed by atoms with E-state index in [2.05, 4.69) is 51.0 Å². The van der Waals surface area contributed by atoms with E-state index in [4.69, 9.17) is 0 Å². The normalized spacial score (nSPS) is 11.3. The molecule has 1 amide bonds. The lowest BCUT2D eigenvalue weighted by molar-refractivity contribution is -0.120. The first-order valence-corrected chi connectivity index (χ1v) is 7.41. The number of hydrogen-bond acceptors (Lipinski definition) is 1. The molecule has 0 saturated carbocycles. The van der Waals surface area contributed by atoms with Crippen molar-refractivity contribution in [2.45, 2.75) is 20.3 Å². The van der Waals surface area contributed by atoms with Crippen molar-refractivity contribution in [3.8, 4) is 0 Å². The summed E-state index contributed by atoms with van der Waals surface area (Å²) in [4.78, 5) is 11.7. The number of carbonyl (C=O) groups is 1. The molecule has 0 heterocycles. The van der Waals surface area contributed by atoms with Crippen molar-refractivity contribution in [3.05, 3.63) is 34.3 Å². The van der Waals surface area contributed by atoms with Gasteiger partial charge in [0.2, 0.25) is 5.91 Å². The molecule has 1 aromatic rings. The summed E-state index contributed by atoms with van der Waals surface area (Å²) in [5.41, 5.74) is 1.12. The van der Waals surface area contributed by atoms with Gasteiger partial charge in [-0.2, -0.15) is 0 Å². The van der Waals surface area contributed by atoms with E-state index in [1.54, 1.807) is 0 Å². The zero-order valence-corrected chi connectivity index (χ0v) is 13.3. The van der Waals surface area contributed by atoms with Crippen molar-refractivity contribution in [1.29, 1.82) is 0 Å². The molecule has 2 nitrogen and oxygen atoms in total. The maximum absolute atomic E-state index is 11.7. The first-order valence-electron chi connectivity index (χ1n) is 5.50. The molecule has 0 aliphatic heterocycles. The van der Waals surface area contributed by atoms with Gasteiger partial charge < -0.3 is 5.32 Å². The molecule has 1 aromatic carbocycles. The molecule has 0 aliphatic carbocycles. The highest BCUT2D eigenvalue weighted by Crippen LogP contribution is 2.16. The van der Waals surface area contributed by atoms with Crippen molar-refractivity contribution in [2.24, 2.45) is 5.41 Å². The van der Waals surface area contributed by atoms with Gasteiger partial charge in [0.15, 0.2) is 0 Å². The highest BCUT2D eigenvalue weighted by molar-refractivity contribution is 9.10.